The Balaban J connectivity index is 1.94. The van der Waals surface area contributed by atoms with Crippen LogP contribution < -0.4 is 5.43 Å². The summed E-state index contributed by atoms with van der Waals surface area (Å²) in [5.41, 5.74) is 3.35. The molecule has 0 radical (unpaired) electrons. The molecule has 0 unspecified atom stereocenters. The number of nitro benzene ring substituents is 1. The lowest BCUT2D eigenvalue weighted by molar-refractivity contribution is -0.385. The lowest BCUT2D eigenvalue weighted by Gasteiger charge is -2.26. The first-order valence-corrected chi connectivity index (χ1v) is 9.60. The second kappa shape index (κ2) is 7.86. The molecule has 1 N–H and O–H groups in total. The number of aromatic nitrogens is 1. The number of nitrogens with zero attached hydrogens (tertiary/aromatic N) is 4. The van der Waals surface area contributed by atoms with Gasteiger partial charge in [0.05, 0.1) is 35.7 Å². The van der Waals surface area contributed by atoms with Gasteiger partial charge in [-0.05, 0) is 18.2 Å². The van der Waals surface area contributed by atoms with E-state index in [0.717, 1.165) is 11.8 Å². The lowest BCUT2D eigenvalue weighted by atomic mass is 10.3. The van der Waals surface area contributed by atoms with Crippen LogP contribution in [0.4, 0.5) is 11.4 Å². The van der Waals surface area contributed by atoms with Crippen molar-refractivity contribution >= 4 is 27.6 Å². The van der Waals surface area contributed by atoms with E-state index in [9.17, 15) is 18.5 Å². The van der Waals surface area contributed by atoms with Crippen molar-refractivity contribution in [3.63, 3.8) is 0 Å². The van der Waals surface area contributed by atoms with E-state index in [0.29, 0.717) is 0 Å². The van der Waals surface area contributed by atoms with Crippen molar-refractivity contribution in [2.45, 2.75) is 4.90 Å². The molecule has 0 aliphatic carbocycles. The number of nitrogens with one attached hydrogen (secondary N) is 1. The van der Waals surface area contributed by atoms with Gasteiger partial charge < -0.3 is 9.30 Å². The number of morpholine rings is 1. The molecule has 3 rings (SSSR count). The monoisotopic (exact) mass is 393 g/mol. The molecule has 2 heterocycles. The number of hydrazone groups is 1. The molecular weight excluding hydrogens is 374 g/mol. The summed E-state index contributed by atoms with van der Waals surface area (Å²) in [6, 6.07) is 7.31. The molecule has 1 aliphatic rings. The molecule has 1 aromatic heterocycles. The highest BCUT2D eigenvalue weighted by molar-refractivity contribution is 7.89. The number of non-ortho nitro benzene ring substituents is 1. The number of nitro groups is 1. The topological polar surface area (TPSA) is 119 Å². The van der Waals surface area contributed by atoms with Crippen LogP contribution in [0.25, 0.3) is 0 Å². The maximum atomic E-state index is 13.0. The van der Waals surface area contributed by atoms with Gasteiger partial charge in [0.25, 0.3) is 5.69 Å². The van der Waals surface area contributed by atoms with Gasteiger partial charge in [0.2, 0.25) is 10.0 Å². The maximum Gasteiger partial charge on any atom is 0.270 e. The largest absolute Gasteiger partial charge is 0.379 e. The van der Waals surface area contributed by atoms with E-state index in [2.05, 4.69) is 10.5 Å². The van der Waals surface area contributed by atoms with Gasteiger partial charge >= 0.3 is 0 Å². The molecule has 27 heavy (non-hydrogen) atoms. The third-order valence-electron chi connectivity index (χ3n) is 4.13. The van der Waals surface area contributed by atoms with Crippen LogP contribution in [0.2, 0.25) is 0 Å². The summed E-state index contributed by atoms with van der Waals surface area (Å²) in [6.07, 6.45) is 3.38. The van der Waals surface area contributed by atoms with Crippen molar-refractivity contribution < 1.29 is 18.1 Å². The molecule has 0 bridgehead atoms. The van der Waals surface area contributed by atoms with Gasteiger partial charge in [0.1, 0.15) is 4.90 Å². The maximum absolute atomic E-state index is 13.0. The molecule has 1 saturated heterocycles. The molecule has 0 saturated carbocycles. The number of hydrogen-bond donors (Lipinski definition) is 1. The minimum atomic E-state index is -3.93. The molecule has 0 atom stereocenters. The second-order valence-corrected chi connectivity index (χ2v) is 7.77. The van der Waals surface area contributed by atoms with Crippen molar-refractivity contribution in [3.8, 4) is 0 Å². The van der Waals surface area contributed by atoms with E-state index in [4.69, 9.17) is 4.74 Å². The Morgan fingerprint density at radius 1 is 1.30 bits per heavy atom. The Morgan fingerprint density at radius 3 is 2.67 bits per heavy atom. The summed E-state index contributed by atoms with van der Waals surface area (Å²) in [5.74, 6) is 0. The molecule has 144 valence electrons. The van der Waals surface area contributed by atoms with Gasteiger partial charge in [-0.15, -0.1) is 0 Å². The molecule has 0 spiro atoms. The van der Waals surface area contributed by atoms with Crippen molar-refractivity contribution in [2.75, 3.05) is 31.7 Å². The van der Waals surface area contributed by atoms with Crippen LogP contribution in [0.5, 0.6) is 0 Å². The molecule has 11 heteroatoms. The molecule has 1 aromatic carbocycles. The Bertz CT molecular complexity index is 963. The van der Waals surface area contributed by atoms with Gasteiger partial charge in [0.15, 0.2) is 0 Å². The Hall–Kier alpha value is -2.76. The van der Waals surface area contributed by atoms with Gasteiger partial charge in [-0.1, -0.05) is 0 Å². The van der Waals surface area contributed by atoms with Crippen LogP contribution in [0.3, 0.4) is 0 Å². The minimum absolute atomic E-state index is 0.164. The third kappa shape index (κ3) is 4.15. The Labute approximate surface area is 156 Å². The Kier molecular flexibility index (Phi) is 5.54. The number of benzene rings is 1. The van der Waals surface area contributed by atoms with E-state index in [-0.39, 0.29) is 42.6 Å². The van der Waals surface area contributed by atoms with Gasteiger partial charge in [0, 0.05) is 38.5 Å². The predicted molar refractivity (Wildman–Crippen MR) is 99.3 cm³/mol. The molecule has 10 nitrogen and oxygen atoms in total. The smallest absolute Gasteiger partial charge is 0.270 e. The quantitative estimate of drug-likeness (QED) is 0.450. The number of anilines is 1. The molecule has 1 aliphatic heterocycles. The predicted octanol–water partition coefficient (Wildman–Crippen LogP) is 1.40. The average Bonchev–Trinajstić information content (AvgIpc) is 3.07. The minimum Gasteiger partial charge on any atom is -0.379 e. The zero-order chi connectivity index (χ0) is 19.4. The standard InChI is InChI=1S/C16H19N5O5S/c1-19-6-2-3-14(19)12-17-18-15-5-4-13(21(22)23)11-16(15)27(24,25)20-7-9-26-10-8-20/h2-6,11-12,18H,7-10H2,1H3/b17-12+. The first kappa shape index (κ1) is 19.0. The number of hydrogen-bond acceptors (Lipinski definition) is 7. The summed E-state index contributed by atoms with van der Waals surface area (Å²) in [4.78, 5) is 10.3. The van der Waals surface area contributed by atoms with Crippen LogP contribution in [0.15, 0.2) is 46.5 Å². The van der Waals surface area contributed by atoms with Crippen molar-refractivity contribution in [2.24, 2.45) is 12.1 Å². The van der Waals surface area contributed by atoms with Crippen LogP contribution in [0, 0.1) is 10.1 Å². The molecular formula is C16H19N5O5S. The van der Waals surface area contributed by atoms with Crippen LogP contribution >= 0.6 is 0 Å². The fourth-order valence-corrected chi connectivity index (χ4v) is 4.20. The van der Waals surface area contributed by atoms with Crippen LogP contribution in [-0.4, -0.2) is 54.7 Å². The van der Waals surface area contributed by atoms with E-state index >= 15 is 0 Å². The number of rotatable bonds is 6. The van der Waals surface area contributed by atoms with Crippen LogP contribution in [-0.2, 0) is 21.8 Å². The summed E-state index contributed by atoms with van der Waals surface area (Å²) >= 11 is 0. The lowest BCUT2D eigenvalue weighted by Crippen LogP contribution is -2.40. The average molecular weight is 393 g/mol. The van der Waals surface area contributed by atoms with E-state index < -0.39 is 14.9 Å². The molecule has 1 fully saturated rings. The molecule has 0 amide bonds. The van der Waals surface area contributed by atoms with Crippen molar-refractivity contribution in [1.82, 2.24) is 8.87 Å². The zero-order valence-electron chi connectivity index (χ0n) is 14.6. The van der Waals surface area contributed by atoms with E-state index in [1.165, 1.54) is 22.7 Å². The summed E-state index contributed by atoms with van der Waals surface area (Å²) in [7, 11) is -2.09. The van der Waals surface area contributed by atoms with E-state index in [1.807, 2.05) is 29.9 Å². The summed E-state index contributed by atoms with van der Waals surface area (Å²) in [6.45, 7) is 0.944. The third-order valence-corrected chi connectivity index (χ3v) is 6.07. The second-order valence-electron chi connectivity index (χ2n) is 5.87. The summed E-state index contributed by atoms with van der Waals surface area (Å²) < 4.78 is 34.2. The SMILES string of the molecule is Cn1cccc1/C=N/Nc1ccc([N+](=O)[O-])cc1S(=O)(=O)N1CCOCC1. The fraction of sp³-hybridized carbons (Fsp3) is 0.312. The van der Waals surface area contributed by atoms with Crippen LogP contribution in [0.1, 0.15) is 5.69 Å². The number of aryl methyl sites for hydroxylation is 1. The van der Waals surface area contributed by atoms with Gasteiger partial charge in [-0.25, -0.2) is 8.42 Å². The van der Waals surface area contributed by atoms with E-state index in [1.54, 1.807) is 0 Å². The fourth-order valence-electron chi connectivity index (χ4n) is 2.63. The van der Waals surface area contributed by atoms with Crippen molar-refractivity contribution in [3.05, 3.63) is 52.3 Å². The first-order valence-electron chi connectivity index (χ1n) is 8.16. The first-order chi connectivity index (χ1) is 12.9. The highest BCUT2D eigenvalue weighted by Crippen LogP contribution is 2.29. The highest BCUT2D eigenvalue weighted by atomic mass is 32.2. The Morgan fingerprint density at radius 2 is 2.04 bits per heavy atom. The summed E-state index contributed by atoms with van der Waals surface area (Å²) in [5, 5.41) is 15.2. The van der Waals surface area contributed by atoms with Gasteiger partial charge in [-0.3, -0.25) is 15.5 Å². The zero-order valence-corrected chi connectivity index (χ0v) is 15.4. The van der Waals surface area contributed by atoms with Crippen molar-refractivity contribution in [1.29, 1.82) is 0 Å². The normalized spacial score (nSPS) is 15.9. The number of ether oxygens (including phenoxy) is 1. The highest BCUT2D eigenvalue weighted by Gasteiger charge is 2.30. The van der Waals surface area contributed by atoms with Gasteiger partial charge in [-0.2, -0.15) is 9.41 Å². The molecule has 2 aromatic rings. The number of sulfonamides is 1.